The molecule has 0 amide bonds. The molecular formula is C15H20N2S. The topological polar surface area (TPSA) is 24.9 Å². The van der Waals surface area contributed by atoms with Crippen LogP contribution >= 0.6 is 11.3 Å². The number of benzene rings is 1. The first-order valence-corrected chi connectivity index (χ1v) is 7.23. The van der Waals surface area contributed by atoms with E-state index in [1.165, 1.54) is 21.7 Å². The van der Waals surface area contributed by atoms with Crippen LogP contribution in [0.25, 0.3) is 0 Å². The van der Waals surface area contributed by atoms with Crippen LogP contribution in [-0.4, -0.2) is 11.0 Å². The van der Waals surface area contributed by atoms with Gasteiger partial charge in [-0.1, -0.05) is 37.6 Å². The SMILES string of the molecule is Cc1ccc(CNC(C)C)c(Cc2nccs2)c1. The Labute approximate surface area is 113 Å². The van der Waals surface area contributed by atoms with Crippen molar-refractivity contribution in [1.82, 2.24) is 10.3 Å². The average Bonchev–Trinajstić information content (AvgIpc) is 2.80. The summed E-state index contributed by atoms with van der Waals surface area (Å²) in [4.78, 5) is 4.38. The molecule has 0 aliphatic rings. The minimum atomic E-state index is 0.513. The monoisotopic (exact) mass is 260 g/mol. The maximum absolute atomic E-state index is 4.38. The van der Waals surface area contributed by atoms with Gasteiger partial charge in [0, 0.05) is 30.6 Å². The van der Waals surface area contributed by atoms with Gasteiger partial charge in [-0.05, 0) is 18.1 Å². The van der Waals surface area contributed by atoms with E-state index in [1.54, 1.807) is 11.3 Å². The number of nitrogens with one attached hydrogen (secondary N) is 1. The van der Waals surface area contributed by atoms with E-state index in [0.29, 0.717) is 6.04 Å². The van der Waals surface area contributed by atoms with Crippen LogP contribution in [0.15, 0.2) is 29.8 Å². The van der Waals surface area contributed by atoms with Crippen LogP contribution in [0, 0.1) is 6.92 Å². The van der Waals surface area contributed by atoms with Gasteiger partial charge in [0.05, 0.1) is 5.01 Å². The first kappa shape index (κ1) is 13.2. The molecule has 2 aromatic rings. The number of hydrogen-bond donors (Lipinski definition) is 1. The minimum absolute atomic E-state index is 0.513. The molecule has 0 spiro atoms. The second-order valence-electron chi connectivity index (χ2n) is 4.91. The molecule has 0 atom stereocenters. The van der Waals surface area contributed by atoms with Gasteiger partial charge in [0.25, 0.3) is 0 Å². The quantitative estimate of drug-likeness (QED) is 0.889. The fraction of sp³-hybridized carbons (Fsp3) is 0.400. The molecular weight excluding hydrogens is 240 g/mol. The molecule has 0 radical (unpaired) electrons. The highest BCUT2D eigenvalue weighted by molar-refractivity contribution is 7.09. The fourth-order valence-corrected chi connectivity index (χ4v) is 2.55. The molecule has 0 fully saturated rings. The van der Waals surface area contributed by atoms with E-state index in [9.17, 15) is 0 Å². The van der Waals surface area contributed by atoms with Crippen molar-refractivity contribution in [2.75, 3.05) is 0 Å². The third-order valence-electron chi connectivity index (χ3n) is 2.89. The van der Waals surface area contributed by atoms with Crippen molar-refractivity contribution in [2.45, 2.75) is 39.8 Å². The van der Waals surface area contributed by atoms with E-state index in [1.807, 2.05) is 11.6 Å². The van der Waals surface area contributed by atoms with Gasteiger partial charge in [-0.15, -0.1) is 11.3 Å². The van der Waals surface area contributed by atoms with Crippen LogP contribution in [0.2, 0.25) is 0 Å². The van der Waals surface area contributed by atoms with Crippen molar-refractivity contribution >= 4 is 11.3 Å². The molecule has 1 aromatic heterocycles. The summed E-state index contributed by atoms with van der Waals surface area (Å²) in [5.41, 5.74) is 4.08. The first-order chi connectivity index (χ1) is 8.65. The van der Waals surface area contributed by atoms with Crippen molar-refractivity contribution in [3.8, 4) is 0 Å². The zero-order valence-corrected chi connectivity index (χ0v) is 12.1. The maximum Gasteiger partial charge on any atom is 0.0968 e. The lowest BCUT2D eigenvalue weighted by Crippen LogP contribution is -2.22. The molecule has 1 heterocycles. The van der Waals surface area contributed by atoms with Gasteiger partial charge in [0.1, 0.15) is 0 Å². The summed E-state index contributed by atoms with van der Waals surface area (Å²) in [6.07, 6.45) is 2.82. The van der Waals surface area contributed by atoms with Crippen LogP contribution in [-0.2, 0) is 13.0 Å². The van der Waals surface area contributed by atoms with E-state index < -0.39 is 0 Å². The molecule has 0 aliphatic carbocycles. The molecule has 3 heteroatoms. The van der Waals surface area contributed by atoms with Crippen molar-refractivity contribution in [3.63, 3.8) is 0 Å². The lowest BCUT2D eigenvalue weighted by Gasteiger charge is -2.13. The molecule has 0 bridgehead atoms. The Hall–Kier alpha value is -1.19. The zero-order valence-electron chi connectivity index (χ0n) is 11.2. The number of thiazole rings is 1. The lowest BCUT2D eigenvalue weighted by molar-refractivity contribution is 0.587. The fourth-order valence-electron chi connectivity index (χ4n) is 1.91. The van der Waals surface area contributed by atoms with Crippen LogP contribution < -0.4 is 5.32 Å². The summed E-state index contributed by atoms with van der Waals surface area (Å²) in [6, 6.07) is 7.20. The van der Waals surface area contributed by atoms with Crippen molar-refractivity contribution in [3.05, 3.63) is 51.5 Å². The molecule has 0 saturated heterocycles. The number of aryl methyl sites for hydroxylation is 1. The number of rotatable bonds is 5. The Balaban J connectivity index is 2.17. The average molecular weight is 260 g/mol. The summed E-state index contributed by atoms with van der Waals surface area (Å²) >= 11 is 1.73. The van der Waals surface area contributed by atoms with Crippen molar-refractivity contribution < 1.29 is 0 Å². The summed E-state index contributed by atoms with van der Waals surface area (Å²) in [5, 5.41) is 6.71. The first-order valence-electron chi connectivity index (χ1n) is 6.35. The molecule has 0 unspecified atom stereocenters. The maximum atomic E-state index is 4.38. The normalized spacial score (nSPS) is 11.1. The van der Waals surface area contributed by atoms with Gasteiger partial charge in [0.2, 0.25) is 0 Å². The third kappa shape index (κ3) is 3.65. The van der Waals surface area contributed by atoms with Gasteiger partial charge in [-0.2, -0.15) is 0 Å². The standard InChI is InChI=1S/C15H20N2S/c1-11(2)17-10-13-5-4-12(3)8-14(13)9-15-16-6-7-18-15/h4-8,11,17H,9-10H2,1-3H3. The van der Waals surface area contributed by atoms with Crippen molar-refractivity contribution in [2.24, 2.45) is 0 Å². The highest BCUT2D eigenvalue weighted by Crippen LogP contribution is 2.18. The molecule has 2 rings (SSSR count). The Morgan fingerprint density at radius 2 is 2.11 bits per heavy atom. The van der Waals surface area contributed by atoms with Gasteiger partial charge < -0.3 is 5.32 Å². The molecule has 18 heavy (non-hydrogen) atoms. The molecule has 1 aromatic carbocycles. The summed E-state index contributed by atoms with van der Waals surface area (Å²) in [7, 11) is 0. The number of hydrogen-bond acceptors (Lipinski definition) is 3. The van der Waals surface area contributed by atoms with E-state index in [0.717, 1.165) is 13.0 Å². The van der Waals surface area contributed by atoms with E-state index >= 15 is 0 Å². The molecule has 0 saturated carbocycles. The highest BCUT2D eigenvalue weighted by atomic mass is 32.1. The van der Waals surface area contributed by atoms with Crippen LogP contribution in [0.5, 0.6) is 0 Å². The van der Waals surface area contributed by atoms with E-state index in [-0.39, 0.29) is 0 Å². The predicted molar refractivity (Wildman–Crippen MR) is 78.1 cm³/mol. The second kappa shape index (κ2) is 6.12. The Morgan fingerprint density at radius 3 is 2.78 bits per heavy atom. The number of nitrogens with zero attached hydrogens (tertiary/aromatic N) is 1. The smallest absolute Gasteiger partial charge is 0.0968 e. The van der Waals surface area contributed by atoms with Gasteiger partial charge in [-0.3, -0.25) is 0 Å². The minimum Gasteiger partial charge on any atom is -0.310 e. The molecule has 96 valence electrons. The largest absolute Gasteiger partial charge is 0.310 e. The Bertz CT molecular complexity index is 489. The molecule has 1 N–H and O–H groups in total. The van der Waals surface area contributed by atoms with Crippen molar-refractivity contribution in [1.29, 1.82) is 0 Å². The van der Waals surface area contributed by atoms with Crippen LogP contribution in [0.3, 0.4) is 0 Å². The third-order valence-corrected chi connectivity index (χ3v) is 3.67. The predicted octanol–water partition coefficient (Wildman–Crippen LogP) is 3.54. The zero-order chi connectivity index (χ0) is 13.0. The van der Waals surface area contributed by atoms with Crippen LogP contribution in [0.1, 0.15) is 35.5 Å². The Kier molecular flexibility index (Phi) is 4.50. The molecule has 2 nitrogen and oxygen atoms in total. The van der Waals surface area contributed by atoms with Gasteiger partial charge >= 0.3 is 0 Å². The number of aromatic nitrogens is 1. The van der Waals surface area contributed by atoms with E-state index in [4.69, 9.17) is 0 Å². The lowest BCUT2D eigenvalue weighted by atomic mass is 10.0. The highest BCUT2D eigenvalue weighted by Gasteiger charge is 2.06. The molecule has 0 aliphatic heterocycles. The summed E-state index contributed by atoms with van der Waals surface area (Å²) < 4.78 is 0. The van der Waals surface area contributed by atoms with E-state index in [2.05, 4.69) is 49.3 Å². The summed E-state index contributed by atoms with van der Waals surface area (Å²) in [6.45, 7) is 7.42. The van der Waals surface area contributed by atoms with Crippen LogP contribution in [0.4, 0.5) is 0 Å². The van der Waals surface area contributed by atoms with Gasteiger partial charge in [0.15, 0.2) is 0 Å². The summed E-state index contributed by atoms with van der Waals surface area (Å²) in [5.74, 6) is 0. The Morgan fingerprint density at radius 1 is 1.28 bits per heavy atom. The second-order valence-corrected chi connectivity index (χ2v) is 5.89. The van der Waals surface area contributed by atoms with Gasteiger partial charge in [-0.25, -0.2) is 4.98 Å².